The lowest BCUT2D eigenvalue weighted by molar-refractivity contribution is -0.121. The van der Waals surface area contributed by atoms with Crippen LogP contribution in [0.4, 0.5) is 0 Å². The molecule has 0 saturated heterocycles. The maximum atomic E-state index is 12.3. The summed E-state index contributed by atoms with van der Waals surface area (Å²) in [6.07, 6.45) is 3.66. The van der Waals surface area contributed by atoms with Gasteiger partial charge in [0.1, 0.15) is 6.54 Å². The van der Waals surface area contributed by atoms with E-state index in [9.17, 15) is 14.4 Å². The molecule has 0 fully saturated rings. The van der Waals surface area contributed by atoms with Crippen LogP contribution in [0, 0.1) is 0 Å². The largest absolute Gasteiger partial charge is 0.354 e. The Hall–Kier alpha value is -3.12. The van der Waals surface area contributed by atoms with E-state index in [1.165, 1.54) is 17.0 Å². The van der Waals surface area contributed by atoms with E-state index < -0.39 is 11.1 Å². The maximum Gasteiger partial charge on any atom is 0.316 e. The van der Waals surface area contributed by atoms with Gasteiger partial charge in [0.2, 0.25) is 5.91 Å². The van der Waals surface area contributed by atoms with Gasteiger partial charge >= 0.3 is 11.1 Å². The number of aromatic nitrogens is 2. The molecule has 2 aromatic carbocycles. The smallest absolute Gasteiger partial charge is 0.316 e. The Labute approximate surface area is 167 Å². The van der Waals surface area contributed by atoms with Crippen molar-refractivity contribution in [3.05, 3.63) is 104 Å². The van der Waals surface area contributed by atoms with Crippen molar-refractivity contribution in [3.63, 3.8) is 0 Å². The Balaban J connectivity index is 1.60. The van der Waals surface area contributed by atoms with E-state index in [1.807, 2.05) is 30.3 Å². The highest BCUT2D eigenvalue weighted by Crippen LogP contribution is 2.09. The molecule has 28 heavy (non-hydrogen) atoms. The van der Waals surface area contributed by atoms with Gasteiger partial charge in [-0.3, -0.25) is 19.0 Å². The molecular formula is C21H20ClN3O3. The number of amides is 1. The van der Waals surface area contributed by atoms with Gasteiger partial charge in [-0.15, -0.1) is 0 Å². The highest BCUT2D eigenvalue weighted by molar-refractivity contribution is 6.30. The monoisotopic (exact) mass is 397 g/mol. The second-order valence-electron chi connectivity index (χ2n) is 6.38. The number of hydrogen-bond donors (Lipinski definition) is 1. The Morgan fingerprint density at radius 1 is 0.857 bits per heavy atom. The van der Waals surface area contributed by atoms with Crippen LogP contribution in [-0.4, -0.2) is 21.6 Å². The zero-order valence-corrected chi connectivity index (χ0v) is 15.9. The van der Waals surface area contributed by atoms with E-state index in [0.717, 1.165) is 15.7 Å². The van der Waals surface area contributed by atoms with Gasteiger partial charge in [0.15, 0.2) is 0 Å². The molecule has 7 heteroatoms. The Bertz CT molecular complexity index is 1060. The third-order valence-electron chi connectivity index (χ3n) is 4.29. The number of carbonyl (C=O) groups excluding carboxylic acids is 1. The van der Waals surface area contributed by atoms with Crippen molar-refractivity contribution >= 4 is 17.5 Å². The van der Waals surface area contributed by atoms with Crippen molar-refractivity contribution in [3.8, 4) is 0 Å². The molecule has 1 aromatic heterocycles. The molecule has 0 unspecified atom stereocenters. The number of nitrogens with one attached hydrogen (secondary N) is 1. The van der Waals surface area contributed by atoms with Crippen molar-refractivity contribution < 1.29 is 4.79 Å². The summed E-state index contributed by atoms with van der Waals surface area (Å²) in [5, 5.41) is 3.37. The average molecular weight is 398 g/mol. The van der Waals surface area contributed by atoms with Gasteiger partial charge in [0.25, 0.3) is 0 Å². The van der Waals surface area contributed by atoms with Crippen molar-refractivity contribution in [2.75, 3.05) is 6.54 Å². The van der Waals surface area contributed by atoms with Gasteiger partial charge in [-0.05, 0) is 29.7 Å². The van der Waals surface area contributed by atoms with Crippen LogP contribution < -0.4 is 16.4 Å². The van der Waals surface area contributed by atoms with E-state index in [4.69, 9.17) is 11.6 Å². The third kappa shape index (κ3) is 5.20. The van der Waals surface area contributed by atoms with Crippen molar-refractivity contribution in [2.45, 2.75) is 19.5 Å². The zero-order valence-electron chi connectivity index (χ0n) is 15.2. The van der Waals surface area contributed by atoms with Crippen LogP contribution in [0.25, 0.3) is 0 Å². The molecule has 1 amide bonds. The summed E-state index contributed by atoms with van der Waals surface area (Å²) < 4.78 is 2.44. The minimum Gasteiger partial charge on any atom is -0.354 e. The molecule has 1 N–H and O–H groups in total. The Morgan fingerprint density at radius 2 is 1.50 bits per heavy atom. The standard InChI is InChI=1S/C21H20ClN3O3/c22-18-8-6-17(7-9-18)14-24-12-13-25(21(28)20(24)27)15-19(26)23-11-10-16-4-2-1-3-5-16/h1-9,12-13H,10-11,14-15H2,(H,23,26). The predicted octanol–water partition coefficient (Wildman–Crippen LogP) is 2.07. The summed E-state index contributed by atoms with van der Waals surface area (Å²) in [5.41, 5.74) is 0.566. The van der Waals surface area contributed by atoms with Crippen LogP contribution in [-0.2, 0) is 24.3 Å². The number of carbonyl (C=O) groups is 1. The third-order valence-corrected chi connectivity index (χ3v) is 4.54. The first kappa shape index (κ1) is 19.6. The fourth-order valence-electron chi connectivity index (χ4n) is 2.78. The molecule has 0 bridgehead atoms. The van der Waals surface area contributed by atoms with E-state index in [0.29, 0.717) is 18.0 Å². The topological polar surface area (TPSA) is 73.1 Å². The van der Waals surface area contributed by atoms with Gasteiger partial charge in [-0.25, -0.2) is 0 Å². The number of halogens is 1. The van der Waals surface area contributed by atoms with Gasteiger partial charge in [0, 0.05) is 24.0 Å². The number of rotatable bonds is 7. The highest BCUT2D eigenvalue weighted by atomic mass is 35.5. The Kier molecular flexibility index (Phi) is 6.45. The normalized spacial score (nSPS) is 10.6. The van der Waals surface area contributed by atoms with Gasteiger partial charge in [0.05, 0.1) is 6.54 Å². The minimum absolute atomic E-state index is 0.190. The maximum absolute atomic E-state index is 12.3. The number of hydrogen-bond acceptors (Lipinski definition) is 3. The summed E-state index contributed by atoms with van der Waals surface area (Å²) in [4.78, 5) is 36.7. The fourth-order valence-corrected chi connectivity index (χ4v) is 2.91. The molecule has 6 nitrogen and oxygen atoms in total. The summed E-state index contributed by atoms with van der Waals surface area (Å²) in [6.45, 7) is 0.533. The average Bonchev–Trinajstić information content (AvgIpc) is 2.70. The first-order valence-electron chi connectivity index (χ1n) is 8.88. The molecule has 0 spiro atoms. The lowest BCUT2D eigenvalue weighted by Crippen LogP contribution is -2.43. The molecule has 0 aliphatic carbocycles. The Morgan fingerprint density at radius 3 is 2.21 bits per heavy atom. The summed E-state index contributed by atoms with van der Waals surface area (Å²) >= 11 is 5.85. The van der Waals surface area contributed by atoms with Gasteiger partial charge in [-0.2, -0.15) is 0 Å². The summed E-state index contributed by atoms with van der Waals surface area (Å²) in [7, 11) is 0. The molecule has 1 heterocycles. The van der Waals surface area contributed by atoms with Crippen LogP contribution in [0.3, 0.4) is 0 Å². The first-order valence-corrected chi connectivity index (χ1v) is 9.25. The molecule has 3 rings (SSSR count). The number of benzene rings is 2. The van der Waals surface area contributed by atoms with Gasteiger partial charge < -0.3 is 9.88 Å². The zero-order chi connectivity index (χ0) is 19.9. The second kappa shape index (κ2) is 9.19. The fraction of sp³-hybridized carbons (Fsp3) is 0.190. The molecule has 144 valence electrons. The van der Waals surface area contributed by atoms with Crippen molar-refractivity contribution in [2.24, 2.45) is 0 Å². The quantitative estimate of drug-likeness (QED) is 0.620. The van der Waals surface area contributed by atoms with Crippen LogP contribution in [0.2, 0.25) is 5.02 Å². The van der Waals surface area contributed by atoms with Crippen molar-refractivity contribution in [1.29, 1.82) is 0 Å². The second-order valence-corrected chi connectivity index (χ2v) is 6.81. The van der Waals surface area contributed by atoms with Crippen LogP contribution >= 0.6 is 11.6 Å². The summed E-state index contributed by atoms with van der Waals surface area (Å²) in [5.74, 6) is -0.312. The highest BCUT2D eigenvalue weighted by Gasteiger charge is 2.09. The molecular weight excluding hydrogens is 378 g/mol. The molecule has 0 radical (unpaired) electrons. The molecule has 0 aliphatic heterocycles. The van der Waals surface area contributed by atoms with Crippen LogP contribution in [0.15, 0.2) is 76.6 Å². The van der Waals surface area contributed by atoms with E-state index in [-0.39, 0.29) is 19.0 Å². The lowest BCUT2D eigenvalue weighted by Gasteiger charge is -2.10. The van der Waals surface area contributed by atoms with E-state index >= 15 is 0 Å². The molecule has 0 aliphatic rings. The van der Waals surface area contributed by atoms with Crippen LogP contribution in [0.1, 0.15) is 11.1 Å². The van der Waals surface area contributed by atoms with Crippen LogP contribution in [0.5, 0.6) is 0 Å². The molecule has 3 aromatic rings. The summed E-state index contributed by atoms with van der Waals surface area (Å²) in [6, 6.07) is 16.8. The van der Waals surface area contributed by atoms with Gasteiger partial charge in [-0.1, -0.05) is 54.1 Å². The number of nitrogens with zero attached hydrogens (tertiary/aromatic N) is 2. The van der Waals surface area contributed by atoms with E-state index in [2.05, 4.69) is 5.32 Å². The van der Waals surface area contributed by atoms with Crippen molar-refractivity contribution in [1.82, 2.24) is 14.5 Å². The molecule has 0 atom stereocenters. The first-order chi connectivity index (χ1) is 13.5. The lowest BCUT2D eigenvalue weighted by atomic mass is 10.1. The molecule has 0 saturated carbocycles. The predicted molar refractivity (Wildman–Crippen MR) is 109 cm³/mol. The minimum atomic E-state index is -0.727. The van der Waals surface area contributed by atoms with E-state index in [1.54, 1.807) is 24.3 Å². The SMILES string of the molecule is O=C(Cn1ccn(Cc2ccc(Cl)cc2)c(=O)c1=O)NCCc1ccccc1.